The van der Waals surface area contributed by atoms with Crippen LogP contribution in [0.2, 0.25) is 0 Å². The molecule has 0 bridgehead atoms. The van der Waals surface area contributed by atoms with Gasteiger partial charge in [0, 0.05) is 99.6 Å². The summed E-state index contributed by atoms with van der Waals surface area (Å²) in [6.45, 7) is 14.3. The molecular formula is C49H59BrF2N9O5P. The number of oxazole rings is 1. The summed E-state index contributed by atoms with van der Waals surface area (Å²) < 4.78 is 56.2. The summed E-state index contributed by atoms with van der Waals surface area (Å²) >= 11 is 3.64. The van der Waals surface area contributed by atoms with E-state index in [0.717, 1.165) is 103 Å². The number of imide groups is 1. The number of carbonyl (C=O) groups is 2. The quantitative estimate of drug-likeness (QED) is 0.0862. The second kappa shape index (κ2) is 19.9. The predicted octanol–water partition coefficient (Wildman–Crippen LogP) is 8.30. The van der Waals surface area contributed by atoms with Gasteiger partial charge < -0.3 is 33.7 Å². The number of nitrogens with one attached hydrogen (secondary N) is 2. The Bertz CT molecular complexity index is 2670. The molecule has 5 aromatic rings. The number of fused-ring (bicyclic) bond motifs is 1. The third kappa shape index (κ3) is 10.1. The first kappa shape index (κ1) is 47.1. The number of methoxy groups -OCH3 is 1. The van der Waals surface area contributed by atoms with Crippen LogP contribution in [-0.2, 0) is 20.6 Å². The number of hydrogen-bond acceptors (Lipinski definition) is 13. The molecule has 4 saturated heterocycles. The minimum absolute atomic E-state index is 0.0707. The fourth-order valence-corrected chi connectivity index (χ4v) is 12.4. The van der Waals surface area contributed by atoms with E-state index in [1.165, 1.54) is 29.8 Å². The second-order valence-electron chi connectivity index (χ2n) is 18.7. The molecule has 4 aliphatic heterocycles. The first-order valence-corrected chi connectivity index (χ1v) is 26.9. The predicted molar refractivity (Wildman–Crippen MR) is 262 cm³/mol. The number of piperazine rings is 1. The molecule has 2 aromatic heterocycles. The Morgan fingerprint density at radius 2 is 1.64 bits per heavy atom. The molecule has 2 N–H and O–H groups in total. The molecule has 1 atom stereocenters. The van der Waals surface area contributed by atoms with Crippen LogP contribution in [0.3, 0.4) is 0 Å². The topological polar surface area (TPSA) is 149 Å². The molecule has 14 nitrogen and oxygen atoms in total. The Hall–Kier alpha value is -4.96. The smallest absolute Gasteiger partial charge is 0.234 e. The van der Waals surface area contributed by atoms with Gasteiger partial charge in [-0.2, -0.15) is 0 Å². The Kier molecular flexibility index (Phi) is 14.0. The standard InChI is InChI=1S/C49H59BrF2N9O5P/c1-5-31-24-39(55-49-53-28-36(50)45(57-49)35-6-8-41-46(54-29-66-41)47(35)67(3,4)64)42(65-2)27-40(31)61-18-13-32(14-19-61)60-22-20-58(21-23-60)15-10-30-11-16-59(17-12-30)33-25-37(51)44(38(52)26-33)34-7-9-43(62)56-48(34)63/h6,8,24-30,32,34H,5,7,9-23H2,1-4H3,(H,53,55,57)(H,56,62,63). The van der Waals surface area contributed by atoms with Gasteiger partial charge in [0.2, 0.25) is 17.8 Å². The fourth-order valence-electron chi connectivity index (χ4n) is 10.6. The maximum Gasteiger partial charge on any atom is 0.234 e. The fraction of sp³-hybridized carbons (Fsp3) is 0.490. The molecule has 0 spiro atoms. The Labute approximate surface area is 398 Å². The molecule has 2 amide bonds. The van der Waals surface area contributed by atoms with Gasteiger partial charge in [-0.05, 0) is 123 Å². The van der Waals surface area contributed by atoms with Crippen molar-refractivity contribution < 1.29 is 32.1 Å². The Morgan fingerprint density at radius 1 is 0.925 bits per heavy atom. The van der Waals surface area contributed by atoms with E-state index in [-0.39, 0.29) is 18.4 Å². The highest BCUT2D eigenvalue weighted by molar-refractivity contribution is 9.10. The summed E-state index contributed by atoms with van der Waals surface area (Å²) in [5.41, 5.74) is 5.86. The first-order chi connectivity index (χ1) is 32.3. The van der Waals surface area contributed by atoms with Crippen molar-refractivity contribution in [3.8, 4) is 17.0 Å². The molecule has 18 heteroatoms. The molecule has 0 aliphatic carbocycles. The summed E-state index contributed by atoms with van der Waals surface area (Å²) in [7, 11) is -1.12. The van der Waals surface area contributed by atoms with E-state index in [1.54, 1.807) is 26.6 Å². The van der Waals surface area contributed by atoms with E-state index in [0.29, 0.717) is 61.5 Å². The number of amides is 2. The highest BCUT2D eigenvalue weighted by Crippen LogP contribution is 2.44. The van der Waals surface area contributed by atoms with Gasteiger partial charge in [0.15, 0.2) is 12.0 Å². The third-order valence-electron chi connectivity index (χ3n) is 14.3. The van der Waals surface area contributed by atoms with Crippen molar-refractivity contribution in [3.63, 3.8) is 0 Å². The molecule has 0 radical (unpaired) electrons. The van der Waals surface area contributed by atoms with Crippen molar-refractivity contribution >= 4 is 74.3 Å². The number of carbonyl (C=O) groups excluding carboxylic acids is 2. The largest absolute Gasteiger partial charge is 0.494 e. The first-order valence-electron chi connectivity index (χ1n) is 23.5. The molecule has 4 aliphatic rings. The van der Waals surface area contributed by atoms with Crippen molar-refractivity contribution in [1.29, 1.82) is 0 Å². The number of piperidine rings is 3. The number of halogens is 3. The number of benzene rings is 3. The summed E-state index contributed by atoms with van der Waals surface area (Å²) in [4.78, 5) is 47.6. The summed E-state index contributed by atoms with van der Waals surface area (Å²) in [5.74, 6) is -1.85. The van der Waals surface area contributed by atoms with E-state index >= 15 is 8.78 Å². The van der Waals surface area contributed by atoms with Crippen LogP contribution < -0.4 is 30.5 Å². The molecule has 1 unspecified atom stereocenters. The SMILES string of the molecule is CCc1cc(Nc2ncc(Br)c(-c3ccc4ocnc4c3P(C)(C)=O)n2)c(OC)cc1N1CCC(N2CCN(CCC3CCN(c4cc(F)c(C5CCC(=O)NC5=O)c(F)c4)CC3)CC2)CC1. The van der Waals surface area contributed by atoms with Crippen molar-refractivity contribution in [3.05, 3.63) is 76.2 Å². The highest BCUT2D eigenvalue weighted by atomic mass is 79.9. The average molecular weight is 1000 g/mol. The zero-order chi connectivity index (χ0) is 47.0. The van der Waals surface area contributed by atoms with Crippen molar-refractivity contribution in [2.24, 2.45) is 5.92 Å². The van der Waals surface area contributed by atoms with Gasteiger partial charge in [-0.25, -0.2) is 23.7 Å². The monoisotopic (exact) mass is 1000 g/mol. The molecule has 0 saturated carbocycles. The normalized spacial score (nSPS) is 19.6. The number of aryl methyl sites for hydroxylation is 1. The van der Waals surface area contributed by atoms with Crippen LogP contribution in [0.1, 0.15) is 68.9 Å². The van der Waals surface area contributed by atoms with Gasteiger partial charge in [-0.15, -0.1) is 0 Å². The average Bonchev–Trinajstić information content (AvgIpc) is 3.80. The maximum absolute atomic E-state index is 15.2. The lowest BCUT2D eigenvalue weighted by atomic mass is 9.89. The Balaban J connectivity index is 0.756. The molecule has 3 aromatic carbocycles. The molecule has 356 valence electrons. The number of aromatic nitrogens is 3. The van der Waals surface area contributed by atoms with Crippen LogP contribution in [0.25, 0.3) is 22.4 Å². The van der Waals surface area contributed by atoms with E-state index in [2.05, 4.69) is 70.3 Å². The van der Waals surface area contributed by atoms with Gasteiger partial charge in [0.1, 0.15) is 30.0 Å². The van der Waals surface area contributed by atoms with Crippen molar-refractivity contribution in [1.82, 2.24) is 30.1 Å². The van der Waals surface area contributed by atoms with Gasteiger partial charge in [-0.3, -0.25) is 19.8 Å². The third-order valence-corrected chi connectivity index (χ3v) is 16.4. The molecule has 9 rings (SSSR count). The molecule has 6 heterocycles. The van der Waals surface area contributed by atoms with Crippen molar-refractivity contribution in [2.45, 2.75) is 70.3 Å². The Morgan fingerprint density at radius 3 is 2.31 bits per heavy atom. The lowest BCUT2D eigenvalue weighted by Gasteiger charge is -2.44. The number of ether oxygens (including phenoxy) is 1. The van der Waals surface area contributed by atoms with Crippen LogP contribution in [0.5, 0.6) is 5.75 Å². The van der Waals surface area contributed by atoms with Crippen LogP contribution in [-0.4, -0.2) is 122 Å². The van der Waals surface area contributed by atoms with Crippen molar-refractivity contribution in [2.75, 3.05) is 94.5 Å². The minimum Gasteiger partial charge on any atom is -0.494 e. The van der Waals surface area contributed by atoms with Gasteiger partial charge in [0.05, 0.1) is 34.2 Å². The number of nitrogens with zero attached hydrogens (tertiary/aromatic N) is 7. The van der Waals surface area contributed by atoms with E-state index < -0.39 is 36.5 Å². The van der Waals surface area contributed by atoms with E-state index in [4.69, 9.17) is 14.1 Å². The molecule has 67 heavy (non-hydrogen) atoms. The van der Waals surface area contributed by atoms with Gasteiger partial charge in [0.25, 0.3) is 0 Å². The maximum atomic E-state index is 15.2. The highest BCUT2D eigenvalue weighted by Gasteiger charge is 2.34. The van der Waals surface area contributed by atoms with Gasteiger partial charge >= 0.3 is 0 Å². The van der Waals surface area contributed by atoms with Gasteiger partial charge in [-0.1, -0.05) is 6.92 Å². The second-order valence-corrected chi connectivity index (χ2v) is 22.7. The van der Waals surface area contributed by atoms with E-state index in [1.807, 2.05) is 17.0 Å². The minimum atomic E-state index is -2.80. The number of rotatable bonds is 13. The lowest BCUT2D eigenvalue weighted by molar-refractivity contribution is -0.134. The summed E-state index contributed by atoms with van der Waals surface area (Å²) in [5, 5.41) is 6.24. The zero-order valence-electron chi connectivity index (χ0n) is 38.6. The number of anilines is 4. The number of hydrogen-bond donors (Lipinski definition) is 2. The zero-order valence-corrected chi connectivity index (χ0v) is 41.1. The summed E-state index contributed by atoms with van der Waals surface area (Å²) in [6, 6.07) is 11.2. The van der Waals surface area contributed by atoms with Crippen LogP contribution >= 0.6 is 23.1 Å². The van der Waals surface area contributed by atoms with Crippen LogP contribution in [0.4, 0.5) is 31.8 Å². The summed E-state index contributed by atoms with van der Waals surface area (Å²) in [6.07, 6.45) is 9.33. The van der Waals surface area contributed by atoms with E-state index in [9.17, 15) is 14.2 Å². The molecular weight excluding hydrogens is 943 g/mol. The van der Waals surface area contributed by atoms with Crippen LogP contribution in [0, 0.1) is 17.6 Å². The molecule has 4 fully saturated rings. The lowest BCUT2D eigenvalue weighted by Crippen LogP contribution is -2.53. The van der Waals surface area contributed by atoms with Crippen LogP contribution in [0.15, 0.2) is 57.9 Å².